The molecule has 0 N–H and O–H groups in total. The Morgan fingerprint density at radius 1 is 0.744 bits per heavy atom. The smallest absolute Gasteiger partial charge is 0.235 e. The van der Waals surface area contributed by atoms with Crippen molar-refractivity contribution in [3.8, 4) is 17.2 Å². The number of ketones is 1. The van der Waals surface area contributed by atoms with E-state index in [1.165, 1.54) is 25.6 Å². The Bertz CT molecular complexity index is 2680. The summed E-state index contributed by atoms with van der Waals surface area (Å²) in [5.74, 6) is 0.575. The summed E-state index contributed by atoms with van der Waals surface area (Å²) in [5.41, 5.74) is 4.73. The highest BCUT2D eigenvalue weighted by molar-refractivity contribution is 7.26. The largest absolute Gasteiger partial charge is 0.289 e. The van der Waals surface area contributed by atoms with E-state index in [-0.39, 0.29) is 5.78 Å². The maximum absolute atomic E-state index is 13.5. The summed E-state index contributed by atoms with van der Waals surface area (Å²) in [7, 11) is 0. The van der Waals surface area contributed by atoms with Gasteiger partial charge in [0, 0.05) is 48.2 Å². The molecule has 0 fully saturated rings. The Labute approximate surface area is 250 Å². The molecule has 3 heterocycles. The summed E-state index contributed by atoms with van der Waals surface area (Å²) in [6.45, 7) is 6.66. The standard InChI is InChI=1S/C38H23N3OS/c1-3-4-19-29-21(2)31-22-12-5-6-13-23(22)32-26-16-9-10-20-30(26)43-37(32)35(31)41(29)38-39-28-18-11-17-27-33(28)34(40-38)24-14-7-8-15-25(24)36(27)42/h3-20H,2H2,1H3/b4-3-,29-19+. The van der Waals surface area contributed by atoms with Crippen LogP contribution < -0.4 is 10.6 Å². The quantitative estimate of drug-likeness (QED) is 0.212. The summed E-state index contributed by atoms with van der Waals surface area (Å²) >= 11 is 1.80. The number of allylic oxidation sites excluding steroid dienone is 2. The molecular formula is C38H23N3OS. The van der Waals surface area contributed by atoms with E-state index < -0.39 is 0 Å². The molecule has 0 atom stereocenters. The fourth-order valence-corrected chi connectivity index (χ4v) is 8.06. The van der Waals surface area contributed by atoms with Gasteiger partial charge in [-0.2, -0.15) is 0 Å². The first kappa shape index (κ1) is 24.2. The maximum Gasteiger partial charge on any atom is 0.235 e. The van der Waals surface area contributed by atoms with Gasteiger partial charge in [-0.3, -0.25) is 9.36 Å². The third-order valence-corrected chi connectivity index (χ3v) is 9.80. The Morgan fingerprint density at radius 2 is 1.44 bits per heavy atom. The van der Waals surface area contributed by atoms with E-state index in [1.54, 1.807) is 11.3 Å². The number of fused-ring (bicyclic) bond motifs is 10. The minimum Gasteiger partial charge on any atom is -0.289 e. The molecule has 5 heteroatoms. The van der Waals surface area contributed by atoms with Gasteiger partial charge in [-0.1, -0.05) is 97.6 Å². The first-order valence-electron chi connectivity index (χ1n) is 14.3. The normalized spacial score (nSPS) is 13.4. The number of thiophene rings is 1. The fourth-order valence-electron chi connectivity index (χ4n) is 6.80. The zero-order valence-corrected chi connectivity index (χ0v) is 24.1. The van der Waals surface area contributed by atoms with Crippen molar-refractivity contribution in [3.63, 3.8) is 0 Å². The van der Waals surface area contributed by atoms with Crippen LogP contribution >= 0.6 is 11.3 Å². The molecule has 0 saturated heterocycles. The van der Waals surface area contributed by atoms with Gasteiger partial charge < -0.3 is 0 Å². The zero-order chi connectivity index (χ0) is 28.8. The second-order valence-corrected chi connectivity index (χ2v) is 12.0. The van der Waals surface area contributed by atoms with Crippen LogP contribution in [0.3, 0.4) is 0 Å². The van der Waals surface area contributed by atoms with Crippen LogP contribution in [0.4, 0.5) is 0 Å². The monoisotopic (exact) mass is 569 g/mol. The number of nitrogens with zero attached hydrogens (tertiary/aromatic N) is 3. The molecule has 0 unspecified atom stereocenters. The molecule has 5 aromatic carbocycles. The number of carbonyl (C=O) groups excluding carboxylic acids is 1. The lowest BCUT2D eigenvalue weighted by Gasteiger charge is -2.19. The number of hydrogen-bond donors (Lipinski definition) is 0. The molecule has 202 valence electrons. The molecule has 0 amide bonds. The molecule has 4 nitrogen and oxygen atoms in total. The summed E-state index contributed by atoms with van der Waals surface area (Å²) in [6.07, 6.45) is 6.16. The third-order valence-electron chi connectivity index (χ3n) is 8.62. The Morgan fingerprint density at radius 3 is 2.26 bits per heavy atom. The molecule has 3 aromatic heterocycles. The Kier molecular flexibility index (Phi) is 4.96. The van der Waals surface area contributed by atoms with Crippen molar-refractivity contribution in [2.75, 3.05) is 0 Å². The van der Waals surface area contributed by atoms with E-state index in [4.69, 9.17) is 9.97 Å². The summed E-state index contributed by atoms with van der Waals surface area (Å²) < 4.78 is 4.60. The van der Waals surface area contributed by atoms with E-state index in [2.05, 4.69) is 65.8 Å². The van der Waals surface area contributed by atoms with Crippen molar-refractivity contribution < 1.29 is 4.79 Å². The average Bonchev–Trinajstić information content (AvgIpc) is 3.58. The summed E-state index contributed by atoms with van der Waals surface area (Å²) in [5, 5.41) is 8.63. The lowest BCUT2D eigenvalue weighted by atomic mass is 9.87. The number of carbonyl (C=O) groups is 1. The SMILES string of the molecule is C=c1/c(=C\C=C/C)n(-c2nc3c4c(cccc4n2)C(=O)c2ccccc2-3)c2c3sc4ccccc4c3c3ccccc3c12. The van der Waals surface area contributed by atoms with Crippen LogP contribution in [0.25, 0.3) is 82.6 Å². The first-order chi connectivity index (χ1) is 21.2. The highest BCUT2D eigenvalue weighted by Crippen LogP contribution is 2.44. The van der Waals surface area contributed by atoms with Crippen molar-refractivity contribution in [2.45, 2.75) is 6.92 Å². The molecule has 0 bridgehead atoms. The number of benzene rings is 5. The molecule has 43 heavy (non-hydrogen) atoms. The van der Waals surface area contributed by atoms with E-state index in [0.717, 1.165) is 49.0 Å². The number of hydrogen-bond acceptors (Lipinski definition) is 4. The van der Waals surface area contributed by atoms with Gasteiger partial charge in [0.15, 0.2) is 5.78 Å². The minimum atomic E-state index is 0.0112. The zero-order valence-electron chi connectivity index (χ0n) is 23.3. The second-order valence-electron chi connectivity index (χ2n) is 10.9. The third kappa shape index (κ3) is 3.17. The van der Waals surface area contributed by atoms with Gasteiger partial charge in [0.25, 0.3) is 0 Å². The van der Waals surface area contributed by atoms with Gasteiger partial charge >= 0.3 is 0 Å². The van der Waals surface area contributed by atoms with Crippen molar-refractivity contribution in [1.82, 2.24) is 14.5 Å². The van der Waals surface area contributed by atoms with Crippen LogP contribution in [0.15, 0.2) is 103 Å². The Balaban J connectivity index is 1.54. The first-order valence-corrected chi connectivity index (χ1v) is 15.1. The van der Waals surface area contributed by atoms with E-state index in [1.807, 2.05) is 61.5 Å². The second kappa shape index (κ2) is 8.81. The molecule has 0 spiro atoms. The summed E-state index contributed by atoms with van der Waals surface area (Å²) in [6, 6.07) is 30.7. The van der Waals surface area contributed by atoms with Gasteiger partial charge in [0.2, 0.25) is 5.95 Å². The molecule has 8 aromatic rings. The van der Waals surface area contributed by atoms with Crippen LogP contribution in [-0.4, -0.2) is 20.3 Å². The molecule has 0 radical (unpaired) electrons. The van der Waals surface area contributed by atoms with Crippen LogP contribution in [0.5, 0.6) is 0 Å². The molecular weight excluding hydrogens is 547 g/mol. The average molecular weight is 570 g/mol. The van der Waals surface area contributed by atoms with Gasteiger partial charge in [-0.05, 0) is 35.9 Å². The lowest BCUT2D eigenvalue weighted by molar-refractivity contribution is 0.104. The molecule has 1 aliphatic carbocycles. The number of aromatic nitrogens is 3. The van der Waals surface area contributed by atoms with Gasteiger partial charge in [0.05, 0.1) is 26.8 Å². The van der Waals surface area contributed by atoms with Crippen molar-refractivity contribution in [3.05, 3.63) is 125 Å². The molecule has 9 rings (SSSR count). The lowest BCUT2D eigenvalue weighted by Crippen LogP contribution is -2.28. The van der Waals surface area contributed by atoms with Crippen LogP contribution in [0.1, 0.15) is 22.8 Å². The van der Waals surface area contributed by atoms with E-state index in [0.29, 0.717) is 17.1 Å². The van der Waals surface area contributed by atoms with Crippen molar-refractivity contribution >= 4 is 82.5 Å². The van der Waals surface area contributed by atoms with Crippen LogP contribution in [0.2, 0.25) is 0 Å². The van der Waals surface area contributed by atoms with Crippen molar-refractivity contribution in [2.24, 2.45) is 0 Å². The molecule has 1 aliphatic rings. The molecule has 0 saturated carbocycles. The van der Waals surface area contributed by atoms with Gasteiger partial charge in [-0.15, -0.1) is 11.3 Å². The van der Waals surface area contributed by atoms with Crippen LogP contribution in [0, 0.1) is 0 Å². The van der Waals surface area contributed by atoms with Crippen LogP contribution in [-0.2, 0) is 0 Å². The van der Waals surface area contributed by atoms with E-state index in [9.17, 15) is 4.79 Å². The predicted molar refractivity (Wildman–Crippen MR) is 180 cm³/mol. The number of rotatable bonds is 2. The van der Waals surface area contributed by atoms with Gasteiger partial charge in [0.1, 0.15) is 0 Å². The fraction of sp³-hybridized carbons (Fsp3) is 0.0263. The Hall–Kier alpha value is -5.39. The summed E-state index contributed by atoms with van der Waals surface area (Å²) in [4.78, 5) is 23.9. The molecule has 0 aliphatic heterocycles. The van der Waals surface area contributed by atoms with Gasteiger partial charge in [-0.25, -0.2) is 9.97 Å². The predicted octanol–water partition coefficient (Wildman–Crippen LogP) is 8.07. The van der Waals surface area contributed by atoms with E-state index >= 15 is 0 Å². The maximum atomic E-state index is 13.5. The minimum absolute atomic E-state index is 0.0112. The highest BCUT2D eigenvalue weighted by Gasteiger charge is 2.28. The van der Waals surface area contributed by atoms with Crippen molar-refractivity contribution in [1.29, 1.82) is 0 Å². The topological polar surface area (TPSA) is 47.8 Å². The highest BCUT2D eigenvalue weighted by atomic mass is 32.1.